The maximum absolute atomic E-state index is 12.7. The normalized spacial score (nSPS) is 20.1. The number of hydrogen-bond acceptors (Lipinski definition) is 6. The number of nitrogens with two attached hydrogens (primary N) is 1. The number of thioether (sulfide) groups is 1. The van der Waals surface area contributed by atoms with Crippen LogP contribution >= 0.6 is 23.1 Å². The second-order valence-corrected chi connectivity index (χ2v) is 9.23. The Bertz CT molecular complexity index is 1100. The van der Waals surface area contributed by atoms with E-state index in [9.17, 15) is 24.3 Å². The molecule has 2 aliphatic rings. The number of hydrogen-bond donors (Lipinski definition) is 3. The minimum Gasteiger partial charge on any atom is -0.477 e. The van der Waals surface area contributed by atoms with Crippen molar-refractivity contribution in [1.29, 1.82) is 0 Å². The number of carboxylic acid groups (broad SMARTS) is 1. The standard InChI is InChI=1S/C20H18N4O5S2/c21-17(26)11-3-1-5-23(8-11)9-12-10-31-19-15(18(27)24(19)16(12)20(28)29)22-14(25)7-13-4-2-6-30-13/h1-6,8,15,19H,7,9-10H2,(H3-,21,22,25,26,28,29)/p+1. The molecule has 11 heteroatoms. The van der Waals surface area contributed by atoms with Crippen LogP contribution in [0.5, 0.6) is 0 Å². The van der Waals surface area contributed by atoms with Gasteiger partial charge in [0.05, 0.1) is 6.42 Å². The van der Waals surface area contributed by atoms with Gasteiger partial charge < -0.3 is 16.2 Å². The molecule has 0 aromatic carbocycles. The van der Waals surface area contributed by atoms with Crippen LogP contribution in [0.1, 0.15) is 15.2 Å². The van der Waals surface area contributed by atoms with Gasteiger partial charge in [-0.2, -0.15) is 0 Å². The molecule has 0 aliphatic carbocycles. The number of fused-ring (bicyclic) bond motifs is 1. The summed E-state index contributed by atoms with van der Waals surface area (Å²) in [5.74, 6) is -2.13. The molecule has 0 bridgehead atoms. The number of rotatable bonds is 7. The monoisotopic (exact) mass is 459 g/mol. The lowest BCUT2D eigenvalue weighted by atomic mass is 10.0. The number of nitrogens with zero attached hydrogens (tertiary/aromatic N) is 2. The van der Waals surface area contributed by atoms with Crippen LogP contribution in [0.15, 0.2) is 53.3 Å². The van der Waals surface area contributed by atoms with Crippen molar-refractivity contribution in [3.8, 4) is 0 Å². The molecule has 1 saturated heterocycles. The molecular formula is C20H19N4O5S2+. The highest BCUT2D eigenvalue weighted by molar-refractivity contribution is 8.00. The lowest BCUT2D eigenvalue weighted by molar-refractivity contribution is -0.689. The van der Waals surface area contributed by atoms with Gasteiger partial charge in [0, 0.05) is 22.3 Å². The summed E-state index contributed by atoms with van der Waals surface area (Å²) in [6.07, 6.45) is 3.41. The van der Waals surface area contributed by atoms with Crippen molar-refractivity contribution in [2.24, 2.45) is 5.73 Å². The number of thiophene rings is 1. The number of carbonyl (C=O) groups is 4. The molecule has 2 aromatic rings. The first kappa shape index (κ1) is 21.1. The summed E-state index contributed by atoms with van der Waals surface area (Å²) in [6.45, 7) is 0.196. The zero-order valence-electron chi connectivity index (χ0n) is 16.2. The van der Waals surface area contributed by atoms with Crippen LogP contribution in [0.4, 0.5) is 0 Å². The highest BCUT2D eigenvalue weighted by Gasteiger charge is 2.54. The fourth-order valence-electron chi connectivity index (χ4n) is 3.59. The van der Waals surface area contributed by atoms with Crippen LogP contribution in [-0.2, 0) is 27.3 Å². The molecule has 4 rings (SSSR count). The number of pyridine rings is 1. The maximum Gasteiger partial charge on any atom is 0.352 e. The Morgan fingerprint density at radius 3 is 2.77 bits per heavy atom. The molecule has 2 unspecified atom stereocenters. The van der Waals surface area contributed by atoms with Crippen LogP contribution in [0.3, 0.4) is 0 Å². The average Bonchev–Trinajstić information content (AvgIpc) is 3.24. The Kier molecular flexibility index (Phi) is 5.79. The predicted octanol–water partition coefficient (Wildman–Crippen LogP) is 0.116. The van der Waals surface area contributed by atoms with E-state index in [-0.39, 0.29) is 24.6 Å². The van der Waals surface area contributed by atoms with Gasteiger partial charge in [-0.25, -0.2) is 9.36 Å². The number of β-lactam (4-membered cyclic amide) rings is 1. The third-order valence-corrected chi connectivity index (χ3v) is 7.21. The molecule has 0 saturated carbocycles. The molecule has 2 aromatic heterocycles. The zero-order chi connectivity index (χ0) is 22.1. The number of aliphatic carboxylic acids is 1. The molecule has 4 N–H and O–H groups in total. The van der Waals surface area contributed by atoms with E-state index < -0.39 is 29.2 Å². The number of primary amides is 1. The van der Waals surface area contributed by atoms with Crippen LogP contribution in [-0.4, -0.2) is 50.9 Å². The number of carboxylic acids is 1. The van der Waals surface area contributed by atoms with Gasteiger partial charge >= 0.3 is 5.97 Å². The van der Waals surface area contributed by atoms with Crippen LogP contribution in [0.2, 0.25) is 0 Å². The highest BCUT2D eigenvalue weighted by atomic mass is 32.2. The fraction of sp³-hybridized carbons (Fsp3) is 0.250. The molecule has 31 heavy (non-hydrogen) atoms. The van der Waals surface area contributed by atoms with Gasteiger partial charge in [-0.15, -0.1) is 23.1 Å². The first-order valence-electron chi connectivity index (χ1n) is 9.36. The fourth-order valence-corrected chi connectivity index (χ4v) is 5.63. The third kappa shape index (κ3) is 4.19. The number of nitrogens with one attached hydrogen (secondary N) is 1. The summed E-state index contributed by atoms with van der Waals surface area (Å²) >= 11 is 2.86. The van der Waals surface area contributed by atoms with Gasteiger partial charge in [-0.1, -0.05) is 6.07 Å². The van der Waals surface area contributed by atoms with Crippen molar-refractivity contribution in [3.05, 3.63) is 63.7 Å². The van der Waals surface area contributed by atoms with Crippen molar-refractivity contribution in [1.82, 2.24) is 10.2 Å². The minimum atomic E-state index is -1.20. The van der Waals surface area contributed by atoms with Gasteiger partial charge in [-0.3, -0.25) is 19.3 Å². The van der Waals surface area contributed by atoms with Gasteiger partial charge in [0.2, 0.25) is 5.91 Å². The van der Waals surface area contributed by atoms with Crippen LogP contribution in [0, 0.1) is 0 Å². The van der Waals surface area contributed by atoms with E-state index in [1.807, 2.05) is 17.5 Å². The Hall–Kier alpha value is -3.18. The van der Waals surface area contributed by atoms with E-state index in [1.54, 1.807) is 22.9 Å². The Balaban J connectivity index is 1.51. The summed E-state index contributed by atoms with van der Waals surface area (Å²) in [5.41, 5.74) is 6.07. The summed E-state index contributed by atoms with van der Waals surface area (Å²) < 4.78 is 1.66. The lowest BCUT2D eigenvalue weighted by Gasteiger charge is -2.49. The molecule has 2 aliphatic heterocycles. The Morgan fingerprint density at radius 2 is 2.10 bits per heavy atom. The summed E-state index contributed by atoms with van der Waals surface area (Å²) in [7, 11) is 0. The van der Waals surface area contributed by atoms with Gasteiger partial charge in [0.15, 0.2) is 18.9 Å². The van der Waals surface area contributed by atoms with Crippen molar-refractivity contribution < 1.29 is 28.9 Å². The average molecular weight is 460 g/mol. The number of amides is 3. The summed E-state index contributed by atoms with van der Waals surface area (Å²) in [6, 6.07) is 6.16. The molecular weight excluding hydrogens is 440 g/mol. The molecule has 0 spiro atoms. The van der Waals surface area contributed by atoms with E-state index in [1.165, 1.54) is 34.2 Å². The number of aromatic nitrogens is 1. The maximum atomic E-state index is 12.7. The molecule has 4 heterocycles. The van der Waals surface area contributed by atoms with E-state index in [0.717, 1.165) is 4.88 Å². The van der Waals surface area contributed by atoms with Crippen LogP contribution in [0.25, 0.3) is 0 Å². The van der Waals surface area contributed by atoms with E-state index >= 15 is 0 Å². The molecule has 2 atom stereocenters. The first-order valence-corrected chi connectivity index (χ1v) is 11.3. The van der Waals surface area contributed by atoms with E-state index in [0.29, 0.717) is 16.9 Å². The largest absolute Gasteiger partial charge is 0.477 e. The topological polar surface area (TPSA) is 134 Å². The number of carbonyl (C=O) groups excluding carboxylic acids is 3. The lowest BCUT2D eigenvalue weighted by Crippen LogP contribution is -2.70. The highest BCUT2D eigenvalue weighted by Crippen LogP contribution is 2.40. The molecule has 3 amide bonds. The molecule has 1 fully saturated rings. The zero-order valence-corrected chi connectivity index (χ0v) is 17.8. The van der Waals surface area contributed by atoms with Gasteiger partial charge in [-0.05, 0) is 17.5 Å². The molecule has 0 radical (unpaired) electrons. The second-order valence-electron chi connectivity index (χ2n) is 7.10. The SMILES string of the molecule is NC(=O)c1ccc[n+](CC2=C(C(=O)O)N3C(=O)C(NC(=O)Cc4cccs4)C3SC2)c1. The smallest absolute Gasteiger partial charge is 0.352 e. The summed E-state index contributed by atoms with van der Waals surface area (Å²) in [5, 5.41) is 13.9. The van der Waals surface area contributed by atoms with Crippen molar-refractivity contribution >= 4 is 46.8 Å². The van der Waals surface area contributed by atoms with E-state index in [4.69, 9.17) is 5.73 Å². The third-order valence-electron chi connectivity index (χ3n) is 5.00. The second kappa shape index (κ2) is 8.52. The molecule has 9 nitrogen and oxygen atoms in total. The first-order chi connectivity index (χ1) is 14.8. The van der Waals surface area contributed by atoms with Crippen LogP contribution < -0.4 is 15.6 Å². The van der Waals surface area contributed by atoms with Crippen molar-refractivity contribution in [2.75, 3.05) is 5.75 Å². The summed E-state index contributed by atoms with van der Waals surface area (Å²) in [4.78, 5) is 50.5. The van der Waals surface area contributed by atoms with Crippen molar-refractivity contribution in [2.45, 2.75) is 24.4 Å². The van der Waals surface area contributed by atoms with E-state index in [2.05, 4.69) is 5.32 Å². The quantitative estimate of drug-likeness (QED) is 0.398. The Morgan fingerprint density at radius 1 is 1.29 bits per heavy atom. The van der Waals surface area contributed by atoms with Crippen molar-refractivity contribution in [3.63, 3.8) is 0 Å². The van der Waals surface area contributed by atoms with Gasteiger partial charge in [0.1, 0.15) is 22.7 Å². The minimum absolute atomic E-state index is 0.0746. The molecule has 160 valence electrons. The predicted molar refractivity (Wildman–Crippen MR) is 113 cm³/mol. The Labute approximate surface area is 185 Å². The van der Waals surface area contributed by atoms with Gasteiger partial charge in [0.25, 0.3) is 11.8 Å².